The summed E-state index contributed by atoms with van der Waals surface area (Å²) in [5, 5.41) is 21.0. The lowest BCUT2D eigenvalue weighted by Gasteiger charge is -2.27. The molecule has 0 saturated carbocycles. The molecular formula is C27H27N5O4S. The maximum absolute atomic E-state index is 13.7. The fourth-order valence-corrected chi connectivity index (χ4v) is 5.21. The summed E-state index contributed by atoms with van der Waals surface area (Å²) in [6, 6.07) is 15.7. The van der Waals surface area contributed by atoms with Gasteiger partial charge in [0.05, 0.1) is 28.1 Å². The molecule has 37 heavy (non-hydrogen) atoms. The molecule has 0 aliphatic carbocycles. The van der Waals surface area contributed by atoms with Crippen molar-refractivity contribution in [2.45, 2.75) is 5.75 Å². The standard InChI is InChI=1S/C27H27N5O4S/c1-37(35,36)17-19-4-2-3-18(15-19)5-10-23-25-22(27(34)32-13-11-28-12-14-32)16-24(29-26(25)31-30-23)20-6-8-21(33)9-7-20/h2-10,15-16,28,33H,11-14,17H2,1H3,(H,29,30,31). The first-order chi connectivity index (χ1) is 17.8. The Morgan fingerprint density at radius 3 is 2.57 bits per heavy atom. The van der Waals surface area contributed by atoms with Gasteiger partial charge in [0, 0.05) is 38.0 Å². The van der Waals surface area contributed by atoms with Crippen molar-refractivity contribution in [1.82, 2.24) is 25.4 Å². The summed E-state index contributed by atoms with van der Waals surface area (Å²) < 4.78 is 23.4. The lowest BCUT2D eigenvalue weighted by molar-refractivity contribution is 0.0737. The van der Waals surface area contributed by atoms with E-state index in [2.05, 4.69) is 20.5 Å². The number of phenolic OH excluding ortho intramolecular Hbond substituents is 1. The van der Waals surface area contributed by atoms with E-state index in [4.69, 9.17) is 0 Å². The highest BCUT2D eigenvalue weighted by atomic mass is 32.2. The molecular weight excluding hydrogens is 490 g/mol. The van der Waals surface area contributed by atoms with Gasteiger partial charge in [0.1, 0.15) is 5.75 Å². The summed E-state index contributed by atoms with van der Waals surface area (Å²) in [6.07, 6.45) is 4.89. The maximum atomic E-state index is 13.7. The first kappa shape index (κ1) is 24.7. The van der Waals surface area contributed by atoms with Crippen LogP contribution in [-0.2, 0) is 15.6 Å². The fourth-order valence-electron chi connectivity index (χ4n) is 4.42. The molecule has 3 N–H and O–H groups in total. The number of nitrogens with zero attached hydrogens (tertiary/aromatic N) is 3. The minimum Gasteiger partial charge on any atom is -0.508 e. The lowest BCUT2D eigenvalue weighted by atomic mass is 10.0. The van der Waals surface area contributed by atoms with E-state index in [1.165, 1.54) is 6.26 Å². The van der Waals surface area contributed by atoms with Crippen LogP contribution in [0.2, 0.25) is 0 Å². The van der Waals surface area contributed by atoms with Crippen molar-refractivity contribution in [2.24, 2.45) is 0 Å². The zero-order valence-corrected chi connectivity index (χ0v) is 21.1. The van der Waals surface area contributed by atoms with Crippen LogP contribution in [0.3, 0.4) is 0 Å². The van der Waals surface area contributed by atoms with Crippen LogP contribution in [0, 0.1) is 0 Å². The molecule has 5 rings (SSSR count). The Bertz CT molecular complexity index is 1590. The van der Waals surface area contributed by atoms with Crippen LogP contribution in [0.1, 0.15) is 27.2 Å². The smallest absolute Gasteiger partial charge is 0.254 e. The molecule has 2 aromatic heterocycles. The summed E-state index contributed by atoms with van der Waals surface area (Å²) in [7, 11) is -3.15. The minimum absolute atomic E-state index is 0.0328. The largest absolute Gasteiger partial charge is 0.508 e. The molecule has 1 aliphatic heterocycles. The van der Waals surface area contributed by atoms with E-state index in [-0.39, 0.29) is 17.4 Å². The second-order valence-corrected chi connectivity index (χ2v) is 11.3. The number of aromatic nitrogens is 3. The van der Waals surface area contributed by atoms with Crippen LogP contribution < -0.4 is 5.32 Å². The van der Waals surface area contributed by atoms with Gasteiger partial charge in [-0.15, -0.1) is 0 Å². The fraction of sp³-hybridized carbons (Fsp3) is 0.222. The number of hydrogen-bond acceptors (Lipinski definition) is 7. The zero-order valence-electron chi connectivity index (χ0n) is 20.3. The molecule has 1 saturated heterocycles. The van der Waals surface area contributed by atoms with Gasteiger partial charge in [0.2, 0.25) is 0 Å². The molecule has 0 spiro atoms. The number of nitrogens with one attached hydrogen (secondary N) is 2. The molecule has 0 radical (unpaired) electrons. The maximum Gasteiger partial charge on any atom is 0.254 e. The third-order valence-corrected chi connectivity index (χ3v) is 7.03. The third-order valence-electron chi connectivity index (χ3n) is 6.17. The van der Waals surface area contributed by atoms with Gasteiger partial charge in [-0.25, -0.2) is 13.4 Å². The lowest BCUT2D eigenvalue weighted by Crippen LogP contribution is -2.46. The molecule has 4 aromatic rings. The molecule has 1 aliphatic rings. The number of carbonyl (C=O) groups is 1. The molecule has 0 atom stereocenters. The van der Waals surface area contributed by atoms with Crippen molar-refractivity contribution in [2.75, 3.05) is 32.4 Å². The van der Waals surface area contributed by atoms with Crippen LogP contribution in [0.4, 0.5) is 0 Å². The Balaban J connectivity index is 1.57. The molecule has 9 nitrogen and oxygen atoms in total. The van der Waals surface area contributed by atoms with Crippen molar-refractivity contribution in [1.29, 1.82) is 0 Å². The quantitative estimate of drug-likeness (QED) is 0.359. The van der Waals surface area contributed by atoms with Gasteiger partial charge >= 0.3 is 0 Å². The van der Waals surface area contributed by atoms with Gasteiger partial charge in [-0.1, -0.05) is 30.3 Å². The normalized spacial score (nSPS) is 14.5. The molecule has 1 amide bonds. The molecule has 0 bridgehead atoms. The topological polar surface area (TPSA) is 128 Å². The second kappa shape index (κ2) is 10.2. The van der Waals surface area contributed by atoms with E-state index in [9.17, 15) is 18.3 Å². The Hall–Kier alpha value is -4.02. The van der Waals surface area contributed by atoms with Crippen LogP contribution in [-0.4, -0.2) is 71.9 Å². The second-order valence-electron chi connectivity index (χ2n) is 9.13. The van der Waals surface area contributed by atoms with Gasteiger partial charge in [0.15, 0.2) is 15.5 Å². The van der Waals surface area contributed by atoms with Crippen LogP contribution in [0.15, 0.2) is 54.6 Å². The number of benzene rings is 2. The Kier molecular flexibility index (Phi) is 6.77. The first-order valence-corrected chi connectivity index (χ1v) is 14.0. The molecule has 10 heteroatoms. The van der Waals surface area contributed by atoms with Crippen molar-refractivity contribution in [3.05, 3.63) is 77.0 Å². The summed E-state index contributed by atoms with van der Waals surface area (Å²) in [5.74, 6) is 0.0180. The summed E-state index contributed by atoms with van der Waals surface area (Å²) in [4.78, 5) is 20.2. The van der Waals surface area contributed by atoms with Crippen molar-refractivity contribution in [3.8, 4) is 17.0 Å². The van der Waals surface area contributed by atoms with E-state index in [1.54, 1.807) is 36.4 Å². The molecule has 190 valence electrons. The summed E-state index contributed by atoms with van der Waals surface area (Å²) in [6.45, 7) is 2.67. The SMILES string of the molecule is CS(=O)(=O)Cc1cccc(C=Cc2[nH]nc3nc(-c4ccc(O)cc4)cc(C(=O)N4CCNCC4)c23)c1. The molecule has 1 fully saturated rings. The molecule has 0 unspecified atom stereocenters. The predicted molar refractivity (Wildman–Crippen MR) is 144 cm³/mol. The Morgan fingerprint density at radius 1 is 1.08 bits per heavy atom. The van der Waals surface area contributed by atoms with Crippen LogP contribution in [0.25, 0.3) is 34.4 Å². The number of aromatic amines is 1. The van der Waals surface area contributed by atoms with E-state index >= 15 is 0 Å². The average Bonchev–Trinajstić information content (AvgIpc) is 3.30. The van der Waals surface area contributed by atoms with Gasteiger partial charge in [-0.05, 0) is 47.5 Å². The van der Waals surface area contributed by atoms with Crippen molar-refractivity contribution < 1.29 is 18.3 Å². The summed E-state index contributed by atoms with van der Waals surface area (Å²) >= 11 is 0. The van der Waals surface area contributed by atoms with Gasteiger partial charge in [-0.2, -0.15) is 5.10 Å². The van der Waals surface area contributed by atoms with Gasteiger partial charge in [-0.3, -0.25) is 9.89 Å². The summed E-state index contributed by atoms with van der Waals surface area (Å²) in [5.41, 5.74) is 4.41. The van der Waals surface area contributed by atoms with Crippen molar-refractivity contribution >= 4 is 38.9 Å². The number of sulfone groups is 1. The van der Waals surface area contributed by atoms with Crippen LogP contribution in [0.5, 0.6) is 5.75 Å². The van der Waals surface area contributed by atoms with Crippen LogP contribution >= 0.6 is 0 Å². The number of rotatable bonds is 6. The number of piperazine rings is 1. The number of pyridine rings is 1. The first-order valence-electron chi connectivity index (χ1n) is 11.9. The Labute approximate surface area is 214 Å². The number of hydrogen-bond donors (Lipinski definition) is 3. The average molecular weight is 518 g/mol. The number of amides is 1. The number of H-pyrrole nitrogens is 1. The van der Waals surface area contributed by atoms with Crippen molar-refractivity contribution in [3.63, 3.8) is 0 Å². The third kappa shape index (κ3) is 5.71. The Morgan fingerprint density at radius 2 is 1.84 bits per heavy atom. The highest BCUT2D eigenvalue weighted by molar-refractivity contribution is 7.89. The highest BCUT2D eigenvalue weighted by Crippen LogP contribution is 2.29. The minimum atomic E-state index is -3.15. The van der Waals surface area contributed by atoms with E-state index in [0.29, 0.717) is 46.6 Å². The van der Waals surface area contributed by atoms with E-state index in [0.717, 1.165) is 24.2 Å². The zero-order chi connectivity index (χ0) is 26.0. The predicted octanol–water partition coefficient (Wildman–Crippen LogP) is 3.09. The number of aromatic hydroxyl groups is 1. The molecule has 2 aromatic carbocycles. The highest BCUT2D eigenvalue weighted by Gasteiger charge is 2.24. The number of carbonyl (C=O) groups excluding carboxylic acids is 1. The van der Waals surface area contributed by atoms with Gasteiger partial charge in [0.25, 0.3) is 5.91 Å². The number of fused-ring (bicyclic) bond motifs is 1. The monoisotopic (exact) mass is 517 g/mol. The van der Waals surface area contributed by atoms with E-state index < -0.39 is 9.84 Å². The van der Waals surface area contributed by atoms with Gasteiger partial charge < -0.3 is 15.3 Å². The van der Waals surface area contributed by atoms with E-state index in [1.807, 2.05) is 35.3 Å². The number of phenols is 1. The molecule has 3 heterocycles.